The highest BCUT2D eigenvalue weighted by atomic mass is 79.9. The first-order valence-corrected chi connectivity index (χ1v) is 5.85. The molecule has 8 heteroatoms. The van der Waals surface area contributed by atoms with Gasteiger partial charge in [-0.15, -0.1) is 13.2 Å². The van der Waals surface area contributed by atoms with E-state index in [0.717, 1.165) is 25.1 Å². The summed E-state index contributed by atoms with van der Waals surface area (Å²) in [5.74, 6) is -1.16. The smallest absolute Gasteiger partial charge is 0.406 e. The largest absolute Gasteiger partial charge is 0.573 e. The molecule has 0 radical (unpaired) electrons. The first-order valence-electron chi connectivity index (χ1n) is 4.94. The standard InChI is InChI=1S/C11H8BrF5O2/c1-5(18)9(12)8-4-6(19-11(15,16)17)2-3-7(8)10(13)14/h2-4,9-10H,1H3. The van der Waals surface area contributed by atoms with Crippen molar-refractivity contribution in [1.82, 2.24) is 0 Å². The van der Waals surface area contributed by atoms with Crippen molar-refractivity contribution in [1.29, 1.82) is 0 Å². The summed E-state index contributed by atoms with van der Waals surface area (Å²) in [6.07, 6.45) is -7.84. The highest BCUT2D eigenvalue weighted by Gasteiger charge is 2.32. The monoisotopic (exact) mass is 346 g/mol. The van der Waals surface area contributed by atoms with Gasteiger partial charge in [-0.3, -0.25) is 4.79 Å². The topological polar surface area (TPSA) is 26.3 Å². The van der Waals surface area contributed by atoms with E-state index in [4.69, 9.17) is 0 Å². The maximum absolute atomic E-state index is 12.7. The Kier molecular flexibility index (Phi) is 4.89. The fraction of sp³-hybridized carbons (Fsp3) is 0.364. The molecule has 0 fully saturated rings. The quantitative estimate of drug-likeness (QED) is 0.590. The summed E-state index contributed by atoms with van der Waals surface area (Å²) in [6.45, 7) is 1.13. The number of carbonyl (C=O) groups excluding carboxylic acids is 1. The third-order valence-electron chi connectivity index (χ3n) is 2.16. The molecule has 19 heavy (non-hydrogen) atoms. The van der Waals surface area contributed by atoms with E-state index in [1.165, 1.54) is 0 Å². The van der Waals surface area contributed by atoms with E-state index in [1.807, 2.05) is 0 Å². The Morgan fingerprint density at radius 2 is 1.84 bits per heavy atom. The summed E-state index contributed by atoms with van der Waals surface area (Å²) in [5, 5.41) is 0. The summed E-state index contributed by atoms with van der Waals surface area (Å²) in [4.78, 5) is 10.0. The van der Waals surface area contributed by atoms with Gasteiger partial charge in [-0.1, -0.05) is 15.9 Å². The number of hydrogen-bond donors (Lipinski definition) is 0. The molecule has 1 atom stereocenters. The van der Waals surface area contributed by atoms with Gasteiger partial charge < -0.3 is 4.74 Å². The molecule has 0 saturated heterocycles. The van der Waals surface area contributed by atoms with Crippen LogP contribution in [0.15, 0.2) is 18.2 Å². The Labute approximate surface area is 113 Å². The van der Waals surface area contributed by atoms with Crippen LogP contribution in [0.5, 0.6) is 5.75 Å². The zero-order valence-electron chi connectivity index (χ0n) is 9.47. The van der Waals surface area contributed by atoms with Gasteiger partial charge >= 0.3 is 6.36 Å². The van der Waals surface area contributed by atoms with Gasteiger partial charge in [0.1, 0.15) is 11.5 Å². The predicted molar refractivity (Wildman–Crippen MR) is 60.4 cm³/mol. The van der Waals surface area contributed by atoms with Crippen LogP contribution in [-0.4, -0.2) is 12.1 Å². The Morgan fingerprint density at radius 3 is 2.26 bits per heavy atom. The zero-order valence-corrected chi connectivity index (χ0v) is 11.1. The molecule has 1 aromatic carbocycles. The second-order valence-electron chi connectivity index (χ2n) is 3.61. The van der Waals surface area contributed by atoms with Crippen LogP contribution in [0.25, 0.3) is 0 Å². The van der Waals surface area contributed by atoms with E-state index < -0.39 is 34.7 Å². The minimum absolute atomic E-state index is 0.246. The molecule has 1 rings (SSSR count). The van der Waals surface area contributed by atoms with E-state index >= 15 is 0 Å². The minimum Gasteiger partial charge on any atom is -0.406 e. The van der Waals surface area contributed by atoms with E-state index in [0.29, 0.717) is 0 Å². The molecule has 1 aromatic rings. The molecule has 0 aliphatic rings. The molecule has 2 nitrogen and oxygen atoms in total. The van der Waals surface area contributed by atoms with Gasteiger partial charge in [-0.2, -0.15) is 0 Å². The lowest BCUT2D eigenvalue weighted by molar-refractivity contribution is -0.274. The maximum atomic E-state index is 12.7. The summed E-state index contributed by atoms with van der Waals surface area (Å²) < 4.78 is 65.2. The first kappa shape index (κ1) is 15.9. The zero-order chi connectivity index (χ0) is 14.8. The van der Waals surface area contributed by atoms with Gasteiger partial charge in [0, 0.05) is 5.56 Å². The van der Waals surface area contributed by atoms with Gasteiger partial charge in [0.15, 0.2) is 0 Å². The van der Waals surface area contributed by atoms with Crippen molar-refractivity contribution in [2.75, 3.05) is 0 Å². The number of ketones is 1. The molecule has 0 amide bonds. The first-order chi connectivity index (χ1) is 8.61. The van der Waals surface area contributed by atoms with Crippen molar-refractivity contribution >= 4 is 21.7 Å². The number of alkyl halides is 6. The van der Waals surface area contributed by atoms with Crippen molar-refractivity contribution in [3.63, 3.8) is 0 Å². The van der Waals surface area contributed by atoms with Gasteiger partial charge in [-0.25, -0.2) is 8.78 Å². The predicted octanol–water partition coefficient (Wildman–Crippen LogP) is 4.55. The summed E-state index contributed by atoms with van der Waals surface area (Å²) >= 11 is 2.86. The number of Topliss-reactive ketones (excluding diaryl/α,β-unsaturated/α-hetero) is 1. The third kappa shape index (κ3) is 4.45. The van der Waals surface area contributed by atoms with Crippen LogP contribution >= 0.6 is 15.9 Å². The summed E-state index contributed by atoms with van der Waals surface area (Å²) in [5.41, 5.74) is -0.768. The summed E-state index contributed by atoms with van der Waals surface area (Å²) in [7, 11) is 0. The van der Waals surface area contributed by atoms with Crippen LogP contribution in [0.1, 0.15) is 29.3 Å². The van der Waals surface area contributed by atoms with Crippen molar-refractivity contribution < 1.29 is 31.5 Å². The lowest BCUT2D eigenvalue weighted by Gasteiger charge is -2.15. The molecular formula is C11H8BrF5O2. The van der Waals surface area contributed by atoms with Crippen LogP contribution < -0.4 is 4.74 Å². The van der Waals surface area contributed by atoms with Crippen molar-refractivity contribution in [3.8, 4) is 5.75 Å². The van der Waals surface area contributed by atoms with Gasteiger partial charge in [0.2, 0.25) is 0 Å². The average Bonchev–Trinajstić information content (AvgIpc) is 2.25. The fourth-order valence-corrected chi connectivity index (χ4v) is 1.78. The highest BCUT2D eigenvalue weighted by molar-refractivity contribution is 9.09. The molecule has 0 bridgehead atoms. The molecule has 0 aliphatic heterocycles. The summed E-state index contributed by atoms with van der Waals surface area (Å²) in [6, 6.07) is 2.35. The number of carbonyl (C=O) groups is 1. The van der Waals surface area contributed by atoms with Crippen molar-refractivity contribution in [2.45, 2.75) is 24.5 Å². The molecular weight excluding hydrogens is 339 g/mol. The Hall–Kier alpha value is -1.18. The highest BCUT2D eigenvalue weighted by Crippen LogP contribution is 2.36. The van der Waals surface area contributed by atoms with Gasteiger partial charge in [-0.05, 0) is 30.7 Å². The normalized spacial score (nSPS) is 13.5. The molecule has 0 N–H and O–H groups in total. The number of benzene rings is 1. The number of rotatable bonds is 4. The van der Waals surface area contributed by atoms with Crippen LogP contribution in [-0.2, 0) is 4.79 Å². The number of hydrogen-bond acceptors (Lipinski definition) is 2. The maximum Gasteiger partial charge on any atom is 0.573 e. The van der Waals surface area contributed by atoms with E-state index in [9.17, 15) is 26.7 Å². The van der Waals surface area contributed by atoms with Gasteiger partial charge in [0.05, 0.1) is 4.83 Å². The van der Waals surface area contributed by atoms with Crippen LogP contribution in [0.4, 0.5) is 22.0 Å². The minimum atomic E-state index is -4.93. The molecule has 1 unspecified atom stereocenters. The number of halogens is 6. The Bertz CT molecular complexity index is 473. The Balaban J connectivity index is 3.22. The van der Waals surface area contributed by atoms with Crippen LogP contribution in [0.2, 0.25) is 0 Å². The van der Waals surface area contributed by atoms with E-state index in [2.05, 4.69) is 20.7 Å². The van der Waals surface area contributed by atoms with Crippen LogP contribution in [0, 0.1) is 0 Å². The SMILES string of the molecule is CC(=O)C(Br)c1cc(OC(F)(F)F)ccc1C(F)F. The second kappa shape index (κ2) is 5.85. The molecule has 0 aliphatic carbocycles. The molecule has 0 aromatic heterocycles. The second-order valence-corrected chi connectivity index (χ2v) is 4.53. The van der Waals surface area contributed by atoms with E-state index in [-0.39, 0.29) is 5.56 Å². The molecule has 0 spiro atoms. The van der Waals surface area contributed by atoms with Crippen molar-refractivity contribution in [3.05, 3.63) is 29.3 Å². The number of ether oxygens (including phenoxy) is 1. The van der Waals surface area contributed by atoms with Gasteiger partial charge in [0.25, 0.3) is 6.43 Å². The van der Waals surface area contributed by atoms with E-state index in [1.54, 1.807) is 0 Å². The Morgan fingerprint density at radius 1 is 1.26 bits per heavy atom. The third-order valence-corrected chi connectivity index (χ3v) is 3.29. The molecule has 106 valence electrons. The molecule has 0 heterocycles. The fourth-order valence-electron chi connectivity index (χ4n) is 1.39. The van der Waals surface area contributed by atoms with Crippen molar-refractivity contribution in [2.24, 2.45) is 0 Å². The van der Waals surface area contributed by atoms with Crippen LogP contribution in [0.3, 0.4) is 0 Å². The molecule has 0 saturated carbocycles. The lowest BCUT2D eigenvalue weighted by Crippen LogP contribution is -2.17. The lowest BCUT2D eigenvalue weighted by atomic mass is 10.0. The average molecular weight is 347 g/mol.